The molecule has 0 aliphatic carbocycles. The number of hydrogen-bond donors (Lipinski definition) is 0. The SMILES string of the molecule is Cc1ccccc1-c1noc(C[C@@H]2CCCN(C(=O)[C@@H](C)Oc3ccccc3)C2)n1. The van der Waals surface area contributed by atoms with Crippen LogP contribution < -0.4 is 4.74 Å². The summed E-state index contributed by atoms with van der Waals surface area (Å²) in [6, 6.07) is 17.5. The highest BCUT2D eigenvalue weighted by Crippen LogP contribution is 2.24. The Hall–Kier alpha value is -3.15. The highest BCUT2D eigenvalue weighted by molar-refractivity contribution is 5.81. The molecule has 1 fully saturated rings. The van der Waals surface area contributed by atoms with E-state index in [0.29, 0.717) is 36.3 Å². The van der Waals surface area contributed by atoms with Gasteiger partial charge in [0.25, 0.3) is 5.91 Å². The smallest absolute Gasteiger partial charge is 0.263 e. The third kappa shape index (κ3) is 4.70. The highest BCUT2D eigenvalue weighted by atomic mass is 16.5. The van der Waals surface area contributed by atoms with Crippen molar-refractivity contribution in [3.8, 4) is 17.1 Å². The van der Waals surface area contributed by atoms with Crippen LogP contribution in [-0.2, 0) is 11.2 Å². The molecule has 2 aromatic carbocycles. The van der Waals surface area contributed by atoms with Crippen LogP contribution in [-0.4, -0.2) is 40.1 Å². The van der Waals surface area contributed by atoms with E-state index in [1.165, 1.54) is 0 Å². The van der Waals surface area contributed by atoms with Crippen molar-refractivity contribution in [3.05, 3.63) is 66.1 Å². The number of benzene rings is 2. The molecule has 1 aromatic heterocycles. The number of aryl methyl sites for hydroxylation is 1. The number of amides is 1. The van der Waals surface area contributed by atoms with Gasteiger partial charge in [0.15, 0.2) is 6.10 Å². The lowest BCUT2D eigenvalue weighted by molar-refractivity contribution is -0.139. The van der Waals surface area contributed by atoms with Crippen molar-refractivity contribution in [1.82, 2.24) is 15.0 Å². The normalized spacial score (nSPS) is 17.5. The first-order chi connectivity index (χ1) is 14.6. The van der Waals surface area contributed by atoms with Crippen LogP contribution in [0.4, 0.5) is 0 Å². The molecule has 0 bridgehead atoms. The van der Waals surface area contributed by atoms with Crippen molar-refractivity contribution in [1.29, 1.82) is 0 Å². The largest absolute Gasteiger partial charge is 0.481 e. The third-order valence-corrected chi connectivity index (χ3v) is 5.55. The number of carbonyl (C=O) groups is 1. The zero-order valence-electron chi connectivity index (χ0n) is 17.5. The van der Waals surface area contributed by atoms with Crippen molar-refractivity contribution < 1.29 is 14.1 Å². The molecule has 0 spiro atoms. The van der Waals surface area contributed by atoms with Gasteiger partial charge >= 0.3 is 0 Å². The van der Waals surface area contributed by atoms with Crippen LogP contribution in [0.3, 0.4) is 0 Å². The number of hydrogen-bond acceptors (Lipinski definition) is 5. The molecular weight excluding hydrogens is 378 g/mol. The lowest BCUT2D eigenvalue weighted by atomic mass is 9.94. The monoisotopic (exact) mass is 405 g/mol. The number of aromatic nitrogens is 2. The fourth-order valence-corrected chi connectivity index (χ4v) is 3.96. The summed E-state index contributed by atoms with van der Waals surface area (Å²) >= 11 is 0. The molecule has 1 aliphatic heterocycles. The van der Waals surface area contributed by atoms with E-state index in [1.807, 2.05) is 73.3 Å². The Balaban J connectivity index is 1.36. The van der Waals surface area contributed by atoms with Crippen LogP contribution >= 0.6 is 0 Å². The highest BCUT2D eigenvalue weighted by Gasteiger charge is 2.29. The molecule has 0 unspecified atom stereocenters. The molecule has 6 heteroatoms. The summed E-state index contributed by atoms with van der Waals surface area (Å²) in [7, 11) is 0. The Labute approximate surface area is 176 Å². The Kier molecular flexibility index (Phi) is 6.12. The summed E-state index contributed by atoms with van der Waals surface area (Å²) < 4.78 is 11.3. The first-order valence-corrected chi connectivity index (χ1v) is 10.5. The van der Waals surface area contributed by atoms with Crippen molar-refractivity contribution in [2.45, 2.75) is 39.2 Å². The van der Waals surface area contributed by atoms with Crippen LogP contribution in [0.2, 0.25) is 0 Å². The van der Waals surface area contributed by atoms with Gasteiger partial charge in [0.1, 0.15) is 5.75 Å². The third-order valence-electron chi connectivity index (χ3n) is 5.55. The molecule has 3 aromatic rings. The molecule has 156 valence electrons. The molecule has 1 aliphatic rings. The van der Waals surface area contributed by atoms with Gasteiger partial charge in [0.05, 0.1) is 0 Å². The molecule has 0 radical (unpaired) electrons. The number of likely N-dealkylation sites (tertiary alicyclic amines) is 1. The molecule has 1 amide bonds. The Morgan fingerprint density at radius 2 is 1.97 bits per heavy atom. The second-order valence-corrected chi connectivity index (χ2v) is 7.90. The minimum Gasteiger partial charge on any atom is -0.481 e. The van der Waals surface area contributed by atoms with Crippen LogP contribution in [0.1, 0.15) is 31.2 Å². The predicted molar refractivity (Wildman–Crippen MR) is 114 cm³/mol. The summed E-state index contributed by atoms with van der Waals surface area (Å²) in [5, 5.41) is 4.16. The van der Waals surface area contributed by atoms with Crippen molar-refractivity contribution in [2.75, 3.05) is 13.1 Å². The quantitative estimate of drug-likeness (QED) is 0.612. The van der Waals surface area contributed by atoms with Crippen molar-refractivity contribution in [3.63, 3.8) is 0 Å². The van der Waals surface area contributed by atoms with Gasteiger partial charge in [-0.3, -0.25) is 4.79 Å². The van der Waals surface area contributed by atoms with Crippen LogP contribution in [0, 0.1) is 12.8 Å². The number of carbonyl (C=O) groups excluding carboxylic acids is 1. The molecule has 0 N–H and O–H groups in total. The average Bonchev–Trinajstić information content (AvgIpc) is 3.22. The lowest BCUT2D eigenvalue weighted by Crippen LogP contribution is -2.46. The van der Waals surface area contributed by atoms with E-state index < -0.39 is 6.10 Å². The topological polar surface area (TPSA) is 68.5 Å². The van der Waals surface area contributed by atoms with Gasteiger partial charge in [-0.15, -0.1) is 0 Å². The van der Waals surface area contributed by atoms with Crippen LogP contribution in [0.25, 0.3) is 11.4 Å². The Bertz CT molecular complexity index is 986. The number of para-hydroxylation sites is 1. The fourth-order valence-electron chi connectivity index (χ4n) is 3.96. The summed E-state index contributed by atoms with van der Waals surface area (Å²) in [6.07, 6.45) is 2.17. The van der Waals surface area contributed by atoms with Gasteiger partial charge in [0.2, 0.25) is 11.7 Å². The lowest BCUT2D eigenvalue weighted by Gasteiger charge is -2.33. The minimum atomic E-state index is -0.512. The maximum Gasteiger partial charge on any atom is 0.263 e. The van der Waals surface area contributed by atoms with Gasteiger partial charge in [0, 0.05) is 25.1 Å². The number of ether oxygens (including phenoxy) is 1. The zero-order valence-corrected chi connectivity index (χ0v) is 17.5. The van der Waals surface area contributed by atoms with Crippen LogP contribution in [0.15, 0.2) is 59.1 Å². The summed E-state index contributed by atoms with van der Waals surface area (Å²) in [6.45, 7) is 5.29. The van der Waals surface area contributed by atoms with Gasteiger partial charge in [-0.05, 0) is 50.3 Å². The molecule has 1 saturated heterocycles. The zero-order chi connectivity index (χ0) is 20.9. The molecule has 2 atom stereocenters. The molecule has 30 heavy (non-hydrogen) atoms. The Morgan fingerprint density at radius 1 is 1.20 bits per heavy atom. The van der Waals surface area contributed by atoms with Gasteiger partial charge in [-0.2, -0.15) is 4.98 Å². The van der Waals surface area contributed by atoms with Gasteiger partial charge in [-0.1, -0.05) is 47.6 Å². The summed E-state index contributed by atoms with van der Waals surface area (Å²) in [4.78, 5) is 19.4. The standard InChI is InChI=1S/C24H27N3O3/c1-17-9-6-7-13-21(17)23-25-22(30-26-23)15-19-10-8-14-27(16-19)24(28)18(2)29-20-11-4-3-5-12-20/h3-7,9,11-13,18-19H,8,10,14-16H2,1-2H3/t18-,19+/m1/s1. The van der Waals surface area contributed by atoms with E-state index in [1.54, 1.807) is 0 Å². The first-order valence-electron chi connectivity index (χ1n) is 10.5. The van der Waals surface area contributed by atoms with Gasteiger partial charge < -0.3 is 14.2 Å². The van der Waals surface area contributed by atoms with Crippen LogP contribution in [0.5, 0.6) is 5.75 Å². The van der Waals surface area contributed by atoms with E-state index >= 15 is 0 Å². The maximum atomic E-state index is 12.9. The second kappa shape index (κ2) is 9.11. The van der Waals surface area contributed by atoms with E-state index in [-0.39, 0.29) is 5.91 Å². The van der Waals surface area contributed by atoms with Crippen molar-refractivity contribution >= 4 is 5.91 Å². The number of piperidine rings is 1. The number of nitrogens with zero attached hydrogens (tertiary/aromatic N) is 3. The molecule has 2 heterocycles. The van der Waals surface area contributed by atoms with E-state index in [2.05, 4.69) is 10.1 Å². The molecule has 4 rings (SSSR count). The first kappa shape index (κ1) is 20.1. The average molecular weight is 405 g/mol. The predicted octanol–water partition coefficient (Wildman–Crippen LogP) is 4.29. The number of rotatable bonds is 6. The Morgan fingerprint density at radius 3 is 2.77 bits per heavy atom. The molecule has 6 nitrogen and oxygen atoms in total. The van der Waals surface area contributed by atoms with E-state index in [4.69, 9.17) is 9.26 Å². The maximum absolute atomic E-state index is 12.9. The minimum absolute atomic E-state index is 0.0229. The van der Waals surface area contributed by atoms with Crippen molar-refractivity contribution in [2.24, 2.45) is 5.92 Å². The molecule has 0 saturated carbocycles. The summed E-state index contributed by atoms with van der Waals surface area (Å²) in [5.41, 5.74) is 2.10. The van der Waals surface area contributed by atoms with E-state index in [0.717, 1.165) is 30.5 Å². The fraction of sp³-hybridized carbons (Fsp3) is 0.375. The second-order valence-electron chi connectivity index (χ2n) is 7.90. The summed E-state index contributed by atoms with van der Waals surface area (Å²) in [5.74, 6) is 2.28. The van der Waals surface area contributed by atoms with Gasteiger partial charge in [-0.25, -0.2) is 0 Å². The van der Waals surface area contributed by atoms with E-state index in [9.17, 15) is 4.79 Å². The molecular formula is C24H27N3O3.